The Hall–Kier alpha value is -6.00. The van der Waals surface area contributed by atoms with Crippen LogP contribution in [0.4, 0.5) is 0 Å². The third-order valence-corrected chi connectivity index (χ3v) is 8.22. The fraction of sp³-hybridized carbons (Fsp3) is 0.0476. The summed E-state index contributed by atoms with van der Waals surface area (Å²) in [6.07, 6.45) is -1.23. The van der Waals surface area contributed by atoms with Gasteiger partial charge in [0.1, 0.15) is 0 Å². The van der Waals surface area contributed by atoms with Gasteiger partial charge in [-0.1, -0.05) is 146 Å². The van der Waals surface area contributed by atoms with Crippen LogP contribution in [0, 0.1) is 0 Å². The van der Waals surface area contributed by atoms with Crippen LogP contribution in [0.5, 0.6) is 0 Å². The number of esters is 2. The zero-order valence-corrected chi connectivity index (χ0v) is 25.0. The van der Waals surface area contributed by atoms with Crippen LogP contribution in [0.25, 0.3) is 21.5 Å². The lowest BCUT2D eigenvalue weighted by Gasteiger charge is -2.21. The quantitative estimate of drug-likeness (QED) is 0.163. The van der Waals surface area contributed by atoms with E-state index in [-0.39, 0.29) is 0 Å². The smallest absolute Gasteiger partial charge is 0.339 e. The van der Waals surface area contributed by atoms with Crippen molar-refractivity contribution in [1.82, 2.24) is 0 Å². The monoisotopic (exact) mass is 598 g/mol. The van der Waals surface area contributed by atoms with E-state index < -0.39 is 24.1 Å². The number of carbonyl (C=O) groups excluding carboxylic acids is 2. The standard InChI is InChI=1S/C42H30O4/c43-41(45-39(31-15-3-1-4-16-31)37-23-11-19-29-13-7-9-21-35(29)37)33-25-27-34(28-26-33)42(44)46-40(32-17-5-2-6-18-32)38-24-12-20-30-14-8-10-22-36(30)38/h1-28,39-40H. The van der Waals surface area contributed by atoms with Crippen molar-refractivity contribution in [2.24, 2.45) is 0 Å². The fourth-order valence-corrected chi connectivity index (χ4v) is 5.93. The van der Waals surface area contributed by atoms with Gasteiger partial charge in [-0.2, -0.15) is 0 Å². The molecule has 46 heavy (non-hydrogen) atoms. The summed E-state index contributed by atoms with van der Waals surface area (Å²) in [5.74, 6) is -0.973. The van der Waals surface area contributed by atoms with E-state index in [2.05, 4.69) is 0 Å². The summed E-state index contributed by atoms with van der Waals surface area (Å²) in [6.45, 7) is 0. The summed E-state index contributed by atoms with van der Waals surface area (Å²) in [7, 11) is 0. The Labute approximate surface area is 267 Å². The molecule has 0 fully saturated rings. The molecule has 7 aromatic carbocycles. The Bertz CT molecular complexity index is 1970. The molecule has 0 saturated carbocycles. The Morgan fingerprint density at radius 1 is 0.370 bits per heavy atom. The molecule has 0 amide bonds. The van der Waals surface area contributed by atoms with Crippen LogP contribution in [0.15, 0.2) is 170 Å². The van der Waals surface area contributed by atoms with E-state index in [1.165, 1.54) is 0 Å². The number of benzene rings is 7. The van der Waals surface area contributed by atoms with Gasteiger partial charge in [0.05, 0.1) is 11.1 Å². The molecule has 0 radical (unpaired) electrons. The van der Waals surface area contributed by atoms with Crippen molar-refractivity contribution < 1.29 is 19.1 Å². The molecule has 222 valence electrons. The van der Waals surface area contributed by atoms with E-state index in [9.17, 15) is 9.59 Å². The molecular formula is C42H30O4. The second-order valence-electron chi connectivity index (χ2n) is 11.1. The highest BCUT2D eigenvalue weighted by atomic mass is 16.5. The lowest BCUT2D eigenvalue weighted by Crippen LogP contribution is -2.15. The van der Waals surface area contributed by atoms with Gasteiger partial charge in [0, 0.05) is 11.1 Å². The van der Waals surface area contributed by atoms with Crippen molar-refractivity contribution in [1.29, 1.82) is 0 Å². The Morgan fingerprint density at radius 2 is 0.717 bits per heavy atom. The second kappa shape index (κ2) is 12.9. The minimum Gasteiger partial charge on any atom is -0.449 e. The predicted octanol–water partition coefficient (Wildman–Crippen LogP) is 9.89. The molecule has 0 aromatic heterocycles. The highest BCUT2D eigenvalue weighted by Crippen LogP contribution is 2.34. The molecule has 4 heteroatoms. The first-order valence-electron chi connectivity index (χ1n) is 15.2. The van der Waals surface area contributed by atoms with Gasteiger partial charge in [0.2, 0.25) is 0 Å². The number of rotatable bonds is 8. The van der Waals surface area contributed by atoms with E-state index in [0.29, 0.717) is 11.1 Å². The van der Waals surface area contributed by atoms with Crippen LogP contribution in [0.1, 0.15) is 55.2 Å². The Balaban J connectivity index is 1.15. The van der Waals surface area contributed by atoms with Crippen molar-refractivity contribution in [3.8, 4) is 0 Å². The predicted molar refractivity (Wildman–Crippen MR) is 182 cm³/mol. The van der Waals surface area contributed by atoms with Gasteiger partial charge < -0.3 is 9.47 Å². The zero-order chi connectivity index (χ0) is 31.3. The third kappa shape index (κ3) is 5.89. The zero-order valence-electron chi connectivity index (χ0n) is 25.0. The molecule has 0 N–H and O–H groups in total. The van der Waals surface area contributed by atoms with E-state index in [4.69, 9.17) is 9.47 Å². The first-order chi connectivity index (χ1) is 22.7. The third-order valence-electron chi connectivity index (χ3n) is 8.22. The number of fused-ring (bicyclic) bond motifs is 2. The Kier molecular flexibility index (Phi) is 8.08. The van der Waals surface area contributed by atoms with E-state index in [1.54, 1.807) is 24.3 Å². The average Bonchev–Trinajstić information content (AvgIpc) is 3.13. The molecule has 0 aliphatic heterocycles. The maximum absolute atomic E-state index is 13.6. The normalized spacial score (nSPS) is 12.3. The topological polar surface area (TPSA) is 52.6 Å². The minimum absolute atomic E-state index is 0.339. The van der Waals surface area contributed by atoms with Gasteiger partial charge >= 0.3 is 11.9 Å². The van der Waals surface area contributed by atoms with Crippen LogP contribution < -0.4 is 0 Å². The highest BCUT2D eigenvalue weighted by Gasteiger charge is 2.24. The molecule has 4 nitrogen and oxygen atoms in total. The summed E-state index contributed by atoms with van der Waals surface area (Å²) < 4.78 is 12.4. The first kappa shape index (κ1) is 28.8. The molecule has 7 aromatic rings. The highest BCUT2D eigenvalue weighted by molar-refractivity contribution is 5.94. The molecular weight excluding hydrogens is 568 g/mol. The summed E-state index contributed by atoms with van der Waals surface area (Å²) in [4.78, 5) is 27.1. The summed E-state index contributed by atoms with van der Waals surface area (Å²) in [5.41, 5.74) is 4.22. The van der Waals surface area contributed by atoms with E-state index >= 15 is 0 Å². The second-order valence-corrected chi connectivity index (χ2v) is 11.1. The molecule has 2 unspecified atom stereocenters. The molecule has 2 atom stereocenters. The number of hydrogen-bond acceptors (Lipinski definition) is 4. The van der Waals surface area contributed by atoms with Crippen molar-refractivity contribution in [3.63, 3.8) is 0 Å². The number of ether oxygens (including phenoxy) is 2. The van der Waals surface area contributed by atoms with E-state index in [0.717, 1.165) is 43.8 Å². The maximum Gasteiger partial charge on any atom is 0.339 e. The van der Waals surface area contributed by atoms with Crippen molar-refractivity contribution in [2.45, 2.75) is 12.2 Å². The molecule has 7 rings (SSSR count). The van der Waals surface area contributed by atoms with Crippen LogP contribution in [-0.2, 0) is 9.47 Å². The molecule has 0 heterocycles. The van der Waals surface area contributed by atoms with Gasteiger partial charge in [0.15, 0.2) is 12.2 Å². The number of carbonyl (C=O) groups is 2. The SMILES string of the molecule is O=C(OC(c1ccccc1)c1cccc2ccccc12)c1ccc(C(=O)OC(c2ccccc2)c2cccc3ccccc23)cc1. The van der Waals surface area contributed by atoms with Gasteiger partial charge in [0.25, 0.3) is 0 Å². The molecule has 0 aliphatic rings. The van der Waals surface area contributed by atoms with Crippen LogP contribution in [-0.4, -0.2) is 11.9 Å². The van der Waals surface area contributed by atoms with Crippen LogP contribution in [0.2, 0.25) is 0 Å². The van der Waals surface area contributed by atoms with E-state index in [1.807, 2.05) is 146 Å². The molecule has 0 saturated heterocycles. The maximum atomic E-state index is 13.6. The molecule has 0 aliphatic carbocycles. The molecule has 0 bridgehead atoms. The fourth-order valence-electron chi connectivity index (χ4n) is 5.93. The largest absolute Gasteiger partial charge is 0.449 e. The van der Waals surface area contributed by atoms with Gasteiger partial charge in [-0.25, -0.2) is 9.59 Å². The van der Waals surface area contributed by atoms with Gasteiger partial charge in [-0.15, -0.1) is 0 Å². The van der Waals surface area contributed by atoms with Gasteiger partial charge in [-0.05, 0) is 56.9 Å². The Morgan fingerprint density at radius 3 is 1.13 bits per heavy atom. The summed E-state index contributed by atoms with van der Waals surface area (Å²) >= 11 is 0. The minimum atomic E-state index is -0.614. The summed E-state index contributed by atoms with van der Waals surface area (Å²) in [6, 6.07) is 54.0. The lowest BCUT2D eigenvalue weighted by atomic mass is 9.95. The van der Waals surface area contributed by atoms with Crippen molar-refractivity contribution in [2.75, 3.05) is 0 Å². The first-order valence-corrected chi connectivity index (χ1v) is 15.2. The van der Waals surface area contributed by atoms with Crippen molar-refractivity contribution >= 4 is 33.5 Å². The number of hydrogen-bond donors (Lipinski definition) is 0. The van der Waals surface area contributed by atoms with Crippen LogP contribution in [0.3, 0.4) is 0 Å². The molecule has 0 spiro atoms. The van der Waals surface area contributed by atoms with Crippen molar-refractivity contribution in [3.05, 3.63) is 203 Å². The lowest BCUT2D eigenvalue weighted by molar-refractivity contribution is 0.0366. The summed E-state index contributed by atoms with van der Waals surface area (Å²) in [5, 5.41) is 4.17. The van der Waals surface area contributed by atoms with Gasteiger partial charge in [-0.3, -0.25) is 0 Å². The average molecular weight is 599 g/mol. The van der Waals surface area contributed by atoms with Crippen LogP contribution >= 0.6 is 0 Å².